The molecule has 17 heavy (non-hydrogen) atoms. The number of hydrogen-bond acceptors (Lipinski definition) is 2. The van der Waals surface area contributed by atoms with Gasteiger partial charge >= 0.3 is 0 Å². The number of rotatable bonds is 2. The van der Waals surface area contributed by atoms with Crippen molar-refractivity contribution in [1.29, 1.82) is 0 Å². The Morgan fingerprint density at radius 1 is 1.00 bits per heavy atom. The second-order valence-electron chi connectivity index (χ2n) is 3.67. The second-order valence-corrected chi connectivity index (χ2v) is 5.57. The zero-order valence-electron chi connectivity index (χ0n) is 9.21. The summed E-state index contributed by atoms with van der Waals surface area (Å²) in [5.74, 6) is 0. The first-order chi connectivity index (χ1) is 8.08. The summed E-state index contributed by atoms with van der Waals surface area (Å²) in [6.45, 7) is 2.07. The van der Waals surface area contributed by atoms with E-state index in [1.165, 1.54) is 5.56 Å². The predicted molar refractivity (Wildman–Crippen MR) is 76.2 cm³/mol. The van der Waals surface area contributed by atoms with Gasteiger partial charge in [0.25, 0.3) is 0 Å². The smallest absolute Gasteiger partial charge is 0.0613 e. The van der Waals surface area contributed by atoms with E-state index in [1.54, 1.807) is 23.9 Å². The minimum absolute atomic E-state index is 0.485. The second kappa shape index (κ2) is 5.21. The molecule has 0 saturated heterocycles. The molecule has 1 nitrogen and oxygen atoms in total. The molecule has 0 bridgehead atoms. The maximum atomic E-state index is 5.99. The molecule has 2 rings (SSSR count). The van der Waals surface area contributed by atoms with Gasteiger partial charge in [0.05, 0.1) is 10.0 Å². The highest BCUT2D eigenvalue weighted by atomic mass is 35.5. The number of aryl methyl sites for hydroxylation is 1. The third kappa shape index (κ3) is 2.89. The normalized spacial score (nSPS) is 10.5. The van der Waals surface area contributed by atoms with Crippen LogP contribution in [0.15, 0.2) is 46.2 Å². The summed E-state index contributed by atoms with van der Waals surface area (Å²) < 4.78 is 0. The first-order valence-corrected chi connectivity index (χ1v) is 6.63. The van der Waals surface area contributed by atoms with Crippen LogP contribution >= 0.6 is 35.0 Å². The van der Waals surface area contributed by atoms with Crippen molar-refractivity contribution in [3.05, 3.63) is 52.0 Å². The van der Waals surface area contributed by atoms with Crippen molar-refractivity contribution < 1.29 is 0 Å². The zero-order chi connectivity index (χ0) is 12.4. The Labute approximate surface area is 115 Å². The standard InChI is InChI=1S/C13H11Cl2NS/c1-8-4-2-3-5-12(8)17-13-7-10(15)9(14)6-11(13)16/h2-7H,16H2,1H3. The third-order valence-corrected chi connectivity index (χ3v) is 4.34. The molecule has 88 valence electrons. The lowest BCUT2D eigenvalue weighted by Crippen LogP contribution is -1.89. The van der Waals surface area contributed by atoms with Crippen LogP contribution in [0.4, 0.5) is 5.69 Å². The quantitative estimate of drug-likeness (QED) is 0.782. The number of hydrogen-bond donors (Lipinski definition) is 1. The number of halogens is 2. The minimum Gasteiger partial charge on any atom is -0.398 e. The Balaban J connectivity index is 2.37. The van der Waals surface area contributed by atoms with E-state index in [0.717, 1.165) is 9.79 Å². The largest absolute Gasteiger partial charge is 0.398 e. The Bertz CT molecular complexity index is 555. The highest BCUT2D eigenvalue weighted by molar-refractivity contribution is 7.99. The van der Waals surface area contributed by atoms with Crippen molar-refractivity contribution in [2.75, 3.05) is 5.73 Å². The number of nitrogens with two attached hydrogens (primary N) is 1. The van der Waals surface area contributed by atoms with Gasteiger partial charge in [0, 0.05) is 15.5 Å². The lowest BCUT2D eigenvalue weighted by molar-refractivity contribution is 1.29. The highest BCUT2D eigenvalue weighted by Crippen LogP contribution is 2.38. The van der Waals surface area contributed by atoms with Gasteiger partial charge in [-0.05, 0) is 30.7 Å². The SMILES string of the molecule is Cc1ccccc1Sc1cc(Cl)c(Cl)cc1N. The van der Waals surface area contributed by atoms with Crippen molar-refractivity contribution >= 4 is 40.7 Å². The monoisotopic (exact) mass is 283 g/mol. The van der Waals surface area contributed by atoms with Crippen LogP contribution in [0.2, 0.25) is 10.0 Å². The molecule has 0 amide bonds. The van der Waals surface area contributed by atoms with Crippen LogP contribution in [-0.2, 0) is 0 Å². The van der Waals surface area contributed by atoms with Crippen molar-refractivity contribution in [2.24, 2.45) is 0 Å². The molecule has 0 aliphatic carbocycles. The Morgan fingerprint density at radius 3 is 2.35 bits per heavy atom. The Hall–Kier alpha value is -0.830. The van der Waals surface area contributed by atoms with Gasteiger partial charge in [0.1, 0.15) is 0 Å². The van der Waals surface area contributed by atoms with E-state index < -0.39 is 0 Å². The predicted octanol–water partition coefficient (Wildman–Crippen LogP) is 5.04. The molecule has 2 aromatic carbocycles. The number of nitrogen functional groups attached to an aromatic ring is 1. The maximum Gasteiger partial charge on any atom is 0.0613 e. The van der Waals surface area contributed by atoms with Gasteiger partial charge in [-0.15, -0.1) is 0 Å². The summed E-state index contributed by atoms with van der Waals surface area (Å²) in [4.78, 5) is 2.09. The molecule has 0 unspecified atom stereocenters. The minimum atomic E-state index is 0.485. The topological polar surface area (TPSA) is 26.0 Å². The molecule has 2 aromatic rings. The summed E-state index contributed by atoms with van der Waals surface area (Å²) >= 11 is 13.5. The fraction of sp³-hybridized carbons (Fsp3) is 0.0769. The molecular weight excluding hydrogens is 273 g/mol. The number of anilines is 1. The van der Waals surface area contributed by atoms with Crippen LogP contribution in [0.1, 0.15) is 5.56 Å². The summed E-state index contributed by atoms with van der Waals surface area (Å²) in [6.07, 6.45) is 0. The van der Waals surface area contributed by atoms with E-state index in [2.05, 4.69) is 19.1 Å². The molecule has 0 saturated carbocycles. The van der Waals surface area contributed by atoms with Crippen molar-refractivity contribution in [3.8, 4) is 0 Å². The van der Waals surface area contributed by atoms with Gasteiger partial charge < -0.3 is 5.73 Å². The molecule has 0 aromatic heterocycles. The molecule has 0 radical (unpaired) electrons. The molecule has 0 spiro atoms. The van der Waals surface area contributed by atoms with E-state index >= 15 is 0 Å². The maximum absolute atomic E-state index is 5.99. The van der Waals surface area contributed by atoms with Gasteiger partial charge in [-0.1, -0.05) is 53.2 Å². The van der Waals surface area contributed by atoms with E-state index in [-0.39, 0.29) is 0 Å². The van der Waals surface area contributed by atoms with Crippen molar-refractivity contribution in [2.45, 2.75) is 16.7 Å². The lowest BCUT2D eigenvalue weighted by Gasteiger charge is -2.09. The third-order valence-electron chi connectivity index (χ3n) is 2.37. The van der Waals surface area contributed by atoms with Crippen LogP contribution in [-0.4, -0.2) is 0 Å². The average molecular weight is 284 g/mol. The molecule has 0 heterocycles. The van der Waals surface area contributed by atoms with Crippen LogP contribution in [0.25, 0.3) is 0 Å². The van der Waals surface area contributed by atoms with Gasteiger partial charge in [0.15, 0.2) is 0 Å². The highest BCUT2D eigenvalue weighted by Gasteiger charge is 2.07. The average Bonchev–Trinajstić information content (AvgIpc) is 2.29. The fourth-order valence-electron chi connectivity index (χ4n) is 1.42. The van der Waals surface area contributed by atoms with Gasteiger partial charge in [0.2, 0.25) is 0 Å². The van der Waals surface area contributed by atoms with Crippen LogP contribution in [0.5, 0.6) is 0 Å². The molecule has 0 aliphatic rings. The first kappa shape index (κ1) is 12.6. The summed E-state index contributed by atoms with van der Waals surface area (Å²) in [5.41, 5.74) is 7.78. The first-order valence-electron chi connectivity index (χ1n) is 5.06. The van der Waals surface area contributed by atoms with Crippen molar-refractivity contribution in [3.63, 3.8) is 0 Å². The fourth-order valence-corrected chi connectivity index (χ4v) is 2.79. The van der Waals surface area contributed by atoms with E-state index in [9.17, 15) is 0 Å². The van der Waals surface area contributed by atoms with Crippen LogP contribution in [0.3, 0.4) is 0 Å². The van der Waals surface area contributed by atoms with Gasteiger partial charge in [-0.3, -0.25) is 0 Å². The zero-order valence-corrected chi connectivity index (χ0v) is 11.5. The van der Waals surface area contributed by atoms with Gasteiger partial charge in [-0.2, -0.15) is 0 Å². The number of benzene rings is 2. The Kier molecular flexibility index (Phi) is 3.87. The lowest BCUT2D eigenvalue weighted by atomic mass is 10.2. The van der Waals surface area contributed by atoms with Crippen molar-refractivity contribution in [1.82, 2.24) is 0 Å². The summed E-state index contributed by atoms with van der Waals surface area (Å²) in [7, 11) is 0. The molecule has 0 atom stereocenters. The van der Waals surface area contributed by atoms with E-state index in [0.29, 0.717) is 15.7 Å². The molecule has 2 N–H and O–H groups in total. The van der Waals surface area contributed by atoms with Crippen LogP contribution in [0, 0.1) is 6.92 Å². The van der Waals surface area contributed by atoms with Crippen LogP contribution < -0.4 is 5.73 Å². The summed E-state index contributed by atoms with van der Waals surface area (Å²) in [5, 5.41) is 1.01. The molecule has 0 aliphatic heterocycles. The van der Waals surface area contributed by atoms with E-state index in [4.69, 9.17) is 28.9 Å². The summed E-state index contributed by atoms with van der Waals surface area (Å²) in [6, 6.07) is 11.6. The van der Waals surface area contributed by atoms with E-state index in [1.807, 2.05) is 12.1 Å². The molecule has 0 fully saturated rings. The molecule has 4 heteroatoms. The molecular formula is C13H11Cl2NS. The Morgan fingerprint density at radius 2 is 1.65 bits per heavy atom. The van der Waals surface area contributed by atoms with Gasteiger partial charge in [-0.25, -0.2) is 0 Å².